The molecule has 0 saturated heterocycles. The van der Waals surface area contributed by atoms with E-state index in [1.165, 1.54) is 6.07 Å². The Morgan fingerprint density at radius 1 is 1.50 bits per heavy atom. The Hall–Kier alpha value is -0.670. The number of halogens is 2. The van der Waals surface area contributed by atoms with Crippen molar-refractivity contribution in [2.45, 2.75) is 6.42 Å². The van der Waals surface area contributed by atoms with Crippen molar-refractivity contribution in [3.05, 3.63) is 34.6 Å². The van der Waals surface area contributed by atoms with Gasteiger partial charge in [-0.3, -0.25) is 0 Å². The Bertz CT molecular complexity index is 352. The Morgan fingerprint density at radius 3 is 2.86 bits per heavy atom. The van der Waals surface area contributed by atoms with Crippen molar-refractivity contribution in [2.75, 3.05) is 5.75 Å². The normalized spacial score (nSPS) is 11.1. The fourth-order valence-corrected chi connectivity index (χ4v) is 1.36. The maximum Gasteiger partial charge on any atom is 0.166 e. The molecule has 0 aliphatic carbocycles. The SMILES string of the molecule is Oc1c(F)cc(Cl)cc1C=CCCS. The van der Waals surface area contributed by atoms with Gasteiger partial charge in [0, 0.05) is 10.6 Å². The minimum Gasteiger partial charge on any atom is -0.504 e. The van der Waals surface area contributed by atoms with Gasteiger partial charge < -0.3 is 5.11 Å². The van der Waals surface area contributed by atoms with Crippen LogP contribution in [0.2, 0.25) is 5.02 Å². The lowest BCUT2D eigenvalue weighted by Gasteiger charge is -2.01. The second kappa shape index (κ2) is 5.27. The molecular formula is C10H10ClFOS. The molecule has 0 aromatic heterocycles. The van der Waals surface area contributed by atoms with Gasteiger partial charge in [0.25, 0.3) is 0 Å². The number of hydrogen-bond donors (Lipinski definition) is 2. The summed E-state index contributed by atoms with van der Waals surface area (Å²) < 4.78 is 13.0. The Morgan fingerprint density at radius 2 is 2.21 bits per heavy atom. The van der Waals surface area contributed by atoms with Gasteiger partial charge >= 0.3 is 0 Å². The molecule has 0 atom stereocenters. The molecule has 1 rings (SSSR count). The molecule has 76 valence electrons. The Balaban J connectivity index is 2.96. The number of benzene rings is 1. The molecule has 0 fully saturated rings. The van der Waals surface area contributed by atoms with Crippen molar-refractivity contribution < 1.29 is 9.50 Å². The number of aromatic hydroxyl groups is 1. The van der Waals surface area contributed by atoms with E-state index in [2.05, 4.69) is 12.6 Å². The van der Waals surface area contributed by atoms with E-state index in [-0.39, 0.29) is 10.8 Å². The smallest absolute Gasteiger partial charge is 0.166 e. The number of hydrogen-bond acceptors (Lipinski definition) is 2. The Labute approximate surface area is 92.6 Å². The van der Waals surface area contributed by atoms with Crippen molar-refractivity contribution in [3.63, 3.8) is 0 Å². The highest BCUT2D eigenvalue weighted by Gasteiger charge is 2.05. The van der Waals surface area contributed by atoms with Gasteiger partial charge in [-0.15, -0.1) is 0 Å². The second-order valence-corrected chi connectivity index (χ2v) is 3.62. The van der Waals surface area contributed by atoms with E-state index in [9.17, 15) is 9.50 Å². The minimum absolute atomic E-state index is 0.269. The quantitative estimate of drug-likeness (QED) is 0.765. The molecular weight excluding hydrogens is 223 g/mol. The molecule has 0 amide bonds. The maximum atomic E-state index is 13.0. The monoisotopic (exact) mass is 232 g/mol. The summed E-state index contributed by atoms with van der Waals surface area (Å²) in [5, 5.41) is 9.59. The molecule has 0 heterocycles. The molecule has 1 aromatic carbocycles. The molecule has 0 radical (unpaired) electrons. The van der Waals surface area contributed by atoms with E-state index in [0.717, 1.165) is 12.5 Å². The number of allylic oxidation sites excluding steroid dienone is 1. The second-order valence-electron chi connectivity index (χ2n) is 2.74. The lowest BCUT2D eigenvalue weighted by molar-refractivity contribution is 0.431. The van der Waals surface area contributed by atoms with Crippen LogP contribution in [0.4, 0.5) is 4.39 Å². The van der Waals surface area contributed by atoms with Gasteiger partial charge in [0.15, 0.2) is 11.6 Å². The first-order chi connectivity index (χ1) is 6.65. The van der Waals surface area contributed by atoms with Crippen LogP contribution >= 0.6 is 24.2 Å². The molecule has 0 aliphatic heterocycles. The number of phenols is 1. The van der Waals surface area contributed by atoms with Crippen molar-refractivity contribution in [1.82, 2.24) is 0 Å². The van der Waals surface area contributed by atoms with Gasteiger partial charge in [0.1, 0.15) is 0 Å². The number of rotatable bonds is 3. The predicted molar refractivity (Wildman–Crippen MR) is 60.6 cm³/mol. The van der Waals surface area contributed by atoms with E-state index in [1.807, 2.05) is 0 Å². The third-order valence-corrected chi connectivity index (χ3v) is 2.13. The third-order valence-electron chi connectivity index (χ3n) is 1.65. The molecule has 0 unspecified atom stereocenters. The van der Waals surface area contributed by atoms with Crippen LogP contribution in [0.5, 0.6) is 5.75 Å². The average molecular weight is 233 g/mol. The average Bonchev–Trinajstić information content (AvgIpc) is 2.13. The molecule has 4 heteroatoms. The summed E-state index contributed by atoms with van der Waals surface area (Å²) in [6, 6.07) is 2.59. The van der Waals surface area contributed by atoms with Crippen LogP contribution in [0, 0.1) is 5.82 Å². The van der Waals surface area contributed by atoms with E-state index < -0.39 is 5.82 Å². The zero-order valence-electron chi connectivity index (χ0n) is 7.37. The zero-order chi connectivity index (χ0) is 10.6. The molecule has 1 nitrogen and oxygen atoms in total. The lowest BCUT2D eigenvalue weighted by atomic mass is 10.1. The summed E-state index contributed by atoms with van der Waals surface area (Å²) in [5.41, 5.74) is 0.386. The number of thiol groups is 1. The van der Waals surface area contributed by atoms with Gasteiger partial charge in [0.2, 0.25) is 0 Å². The highest BCUT2D eigenvalue weighted by Crippen LogP contribution is 2.26. The van der Waals surface area contributed by atoms with Crippen molar-refractivity contribution in [3.8, 4) is 5.75 Å². The van der Waals surface area contributed by atoms with Crippen LogP contribution in [0.1, 0.15) is 12.0 Å². The van der Waals surface area contributed by atoms with Crippen LogP contribution in [0.25, 0.3) is 6.08 Å². The summed E-state index contributed by atoms with van der Waals surface area (Å²) in [6.45, 7) is 0. The summed E-state index contributed by atoms with van der Waals surface area (Å²) in [5.74, 6) is -0.367. The molecule has 14 heavy (non-hydrogen) atoms. The lowest BCUT2D eigenvalue weighted by Crippen LogP contribution is -1.81. The third kappa shape index (κ3) is 2.93. The van der Waals surface area contributed by atoms with Crippen molar-refractivity contribution >= 4 is 30.3 Å². The Kier molecular flexibility index (Phi) is 4.29. The summed E-state index contributed by atoms with van der Waals surface area (Å²) in [7, 11) is 0. The van der Waals surface area contributed by atoms with Gasteiger partial charge in [-0.1, -0.05) is 23.8 Å². The van der Waals surface area contributed by atoms with Crippen LogP contribution in [0.3, 0.4) is 0 Å². The van der Waals surface area contributed by atoms with Gasteiger partial charge in [-0.2, -0.15) is 12.6 Å². The van der Waals surface area contributed by atoms with Crippen molar-refractivity contribution in [2.24, 2.45) is 0 Å². The van der Waals surface area contributed by atoms with E-state index in [1.54, 1.807) is 12.2 Å². The van der Waals surface area contributed by atoms with E-state index in [0.29, 0.717) is 11.3 Å². The standard InChI is InChI=1S/C10H10ClFOS/c11-8-5-7(3-1-2-4-14)10(13)9(12)6-8/h1,3,5-6,13-14H,2,4H2. The summed E-state index contributed by atoms with van der Waals surface area (Å²) in [6.07, 6.45) is 4.19. The van der Waals surface area contributed by atoms with Gasteiger partial charge in [-0.05, 0) is 24.3 Å². The van der Waals surface area contributed by atoms with Gasteiger partial charge in [0.05, 0.1) is 0 Å². The molecule has 1 aromatic rings. The largest absolute Gasteiger partial charge is 0.504 e. The zero-order valence-corrected chi connectivity index (χ0v) is 9.02. The summed E-state index contributed by atoms with van der Waals surface area (Å²) >= 11 is 9.65. The van der Waals surface area contributed by atoms with Crippen LogP contribution in [0.15, 0.2) is 18.2 Å². The predicted octanol–water partition coefficient (Wildman–Crippen LogP) is 3.52. The first-order valence-electron chi connectivity index (χ1n) is 4.10. The topological polar surface area (TPSA) is 20.2 Å². The fourth-order valence-electron chi connectivity index (χ4n) is 0.998. The van der Waals surface area contributed by atoms with Gasteiger partial charge in [-0.25, -0.2) is 4.39 Å². The fraction of sp³-hybridized carbons (Fsp3) is 0.200. The molecule has 1 N–H and O–H groups in total. The first kappa shape index (κ1) is 11.4. The summed E-state index contributed by atoms with van der Waals surface area (Å²) in [4.78, 5) is 0. The maximum absolute atomic E-state index is 13.0. The molecule has 0 aliphatic rings. The van der Waals surface area contributed by atoms with Crippen LogP contribution in [-0.2, 0) is 0 Å². The van der Waals surface area contributed by atoms with E-state index >= 15 is 0 Å². The van der Waals surface area contributed by atoms with Crippen molar-refractivity contribution in [1.29, 1.82) is 0 Å². The van der Waals surface area contributed by atoms with E-state index in [4.69, 9.17) is 11.6 Å². The highest BCUT2D eigenvalue weighted by atomic mass is 35.5. The minimum atomic E-state index is -0.706. The van der Waals surface area contributed by atoms with Crippen LogP contribution < -0.4 is 0 Å². The van der Waals surface area contributed by atoms with Crippen LogP contribution in [-0.4, -0.2) is 10.9 Å². The molecule has 0 spiro atoms. The molecule has 0 saturated carbocycles. The molecule has 0 bridgehead atoms. The number of phenolic OH excluding ortho intramolecular Hbond substituents is 1. The highest BCUT2D eigenvalue weighted by molar-refractivity contribution is 7.80. The first-order valence-corrected chi connectivity index (χ1v) is 5.11.